The lowest BCUT2D eigenvalue weighted by atomic mass is 10.2. The molecule has 1 aromatic carbocycles. The molecule has 0 saturated carbocycles. The number of alkyl halides is 4. The van der Waals surface area contributed by atoms with Crippen molar-refractivity contribution in [2.75, 3.05) is 6.61 Å². The molecule has 1 unspecified atom stereocenters. The van der Waals surface area contributed by atoms with Crippen LogP contribution in [-0.4, -0.2) is 17.6 Å². The monoisotopic (exact) mass is 296 g/mol. The maximum Gasteiger partial charge on any atom is 0.404 e. The Hall–Kier alpha value is -0.710. The number of ether oxygens (including phenoxy) is 1. The second kappa shape index (κ2) is 5.57. The zero-order chi connectivity index (χ0) is 12.2. The summed E-state index contributed by atoms with van der Waals surface area (Å²) in [6.45, 7) is 1.59. The first-order valence-corrected chi connectivity index (χ1v) is 5.77. The summed E-state index contributed by atoms with van der Waals surface area (Å²) in [6, 6.07) is 7.03. The van der Waals surface area contributed by atoms with E-state index in [1.807, 2.05) is 19.1 Å². The Morgan fingerprint density at radius 3 is 2.25 bits per heavy atom. The Morgan fingerprint density at radius 1 is 1.25 bits per heavy atom. The fourth-order valence-electron chi connectivity index (χ4n) is 1.09. The minimum Gasteiger partial charge on any atom is -0.492 e. The topological polar surface area (TPSA) is 9.23 Å². The van der Waals surface area contributed by atoms with E-state index in [-0.39, 0.29) is 0 Å². The zero-order valence-corrected chi connectivity index (χ0v) is 10.3. The lowest BCUT2D eigenvalue weighted by Gasteiger charge is -2.14. The zero-order valence-electron chi connectivity index (χ0n) is 8.72. The van der Waals surface area contributed by atoms with Crippen LogP contribution >= 0.6 is 15.9 Å². The van der Waals surface area contributed by atoms with Gasteiger partial charge < -0.3 is 4.74 Å². The molecule has 5 heteroatoms. The van der Waals surface area contributed by atoms with Gasteiger partial charge in [-0.05, 0) is 24.1 Å². The lowest BCUT2D eigenvalue weighted by molar-refractivity contribution is -0.132. The molecule has 0 bridgehead atoms. The van der Waals surface area contributed by atoms with Crippen molar-refractivity contribution >= 4 is 15.9 Å². The summed E-state index contributed by atoms with van der Waals surface area (Å²) < 4.78 is 41.5. The van der Waals surface area contributed by atoms with Crippen molar-refractivity contribution < 1.29 is 17.9 Å². The van der Waals surface area contributed by atoms with Gasteiger partial charge in [0.1, 0.15) is 17.2 Å². The van der Waals surface area contributed by atoms with Gasteiger partial charge >= 0.3 is 6.18 Å². The highest BCUT2D eigenvalue weighted by molar-refractivity contribution is 9.09. The van der Waals surface area contributed by atoms with Gasteiger partial charge in [-0.25, -0.2) is 0 Å². The van der Waals surface area contributed by atoms with Crippen molar-refractivity contribution in [1.82, 2.24) is 0 Å². The van der Waals surface area contributed by atoms with Crippen LogP contribution in [0.15, 0.2) is 24.3 Å². The Kier molecular flexibility index (Phi) is 4.65. The third kappa shape index (κ3) is 4.04. The van der Waals surface area contributed by atoms with Gasteiger partial charge in [0.25, 0.3) is 0 Å². The quantitative estimate of drug-likeness (QED) is 0.765. The smallest absolute Gasteiger partial charge is 0.404 e. The van der Waals surface area contributed by atoms with E-state index in [2.05, 4.69) is 15.9 Å². The summed E-state index contributed by atoms with van der Waals surface area (Å²) in [6.07, 6.45) is -3.38. The van der Waals surface area contributed by atoms with E-state index in [1.54, 1.807) is 12.1 Å². The standard InChI is InChI=1S/C11H12BrF3O/c1-2-8-3-5-9(6-4-8)16-7-10(12)11(13,14)15/h3-6,10H,2,7H2,1H3. The van der Waals surface area contributed by atoms with Crippen molar-refractivity contribution in [2.45, 2.75) is 24.3 Å². The van der Waals surface area contributed by atoms with Gasteiger partial charge in [-0.3, -0.25) is 0 Å². The number of hydrogen-bond acceptors (Lipinski definition) is 1. The number of rotatable bonds is 4. The van der Waals surface area contributed by atoms with E-state index in [9.17, 15) is 13.2 Å². The van der Waals surface area contributed by atoms with E-state index >= 15 is 0 Å². The van der Waals surface area contributed by atoms with Crippen LogP contribution in [0.3, 0.4) is 0 Å². The van der Waals surface area contributed by atoms with Crippen molar-refractivity contribution in [3.05, 3.63) is 29.8 Å². The van der Waals surface area contributed by atoms with Crippen molar-refractivity contribution in [2.24, 2.45) is 0 Å². The third-order valence-electron chi connectivity index (χ3n) is 2.08. The maximum absolute atomic E-state index is 12.1. The number of aryl methyl sites for hydroxylation is 1. The highest BCUT2D eigenvalue weighted by Crippen LogP contribution is 2.27. The molecule has 1 aromatic rings. The fraction of sp³-hybridized carbons (Fsp3) is 0.455. The van der Waals surface area contributed by atoms with E-state index in [0.29, 0.717) is 5.75 Å². The van der Waals surface area contributed by atoms with Gasteiger partial charge in [0.05, 0.1) is 0 Å². The average Bonchev–Trinajstić information content (AvgIpc) is 2.25. The average molecular weight is 297 g/mol. The summed E-state index contributed by atoms with van der Waals surface area (Å²) in [5, 5.41) is 0. The van der Waals surface area contributed by atoms with Gasteiger partial charge in [-0.2, -0.15) is 13.2 Å². The van der Waals surface area contributed by atoms with Crippen LogP contribution in [-0.2, 0) is 6.42 Å². The molecule has 0 radical (unpaired) electrons. The first kappa shape index (κ1) is 13.4. The Morgan fingerprint density at radius 2 is 1.81 bits per heavy atom. The van der Waals surface area contributed by atoms with E-state index in [0.717, 1.165) is 12.0 Å². The molecule has 1 atom stereocenters. The second-order valence-corrected chi connectivity index (χ2v) is 4.42. The molecule has 16 heavy (non-hydrogen) atoms. The van der Waals surface area contributed by atoms with Gasteiger partial charge in [0.2, 0.25) is 0 Å². The predicted molar refractivity (Wildman–Crippen MR) is 60.1 cm³/mol. The molecular formula is C11H12BrF3O. The van der Waals surface area contributed by atoms with E-state index in [1.165, 1.54) is 0 Å². The predicted octanol–water partition coefficient (Wildman–Crippen LogP) is 3.95. The molecule has 0 aromatic heterocycles. The Labute approximate surface area is 101 Å². The molecule has 0 aliphatic carbocycles. The maximum atomic E-state index is 12.1. The van der Waals surface area contributed by atoms with E-state index < -0.39 is 17.6 Å². The summed E-state index contributed by atoms with van der Waals surface area (Å²) in [4.78, 5) is -1.63. The highest BCUT2D eigenvalue weighted by Gasteiger charge is 2.38. The van der Waals surface area contributed by atoms with Gasteiger partial charge in [0.15, 0.2) is 0 Å². The first-order chi connectivity index (χ1) is 7.43. The van der Waals surface area contributed by atoms with Crippen LogP contribution in [0.1, 0.15) is 12.5 Å². The molecule has 0 N–H and O–H groups in total. The Bertz CT molecular complexity index is 321. The van der Waals surface area contributed by atoms with Crippen molar-refractivity contribution in [1.29, 1.82) is 0 Å². The van der Waals surface area contributed by atoms with Crippen LogP contribution in [0.2, 0.25) is 0 Å². The molecule has 0 fully saturated rings. The highest BCUT2D eigenvalue weighted by atomic mass is 79.9. The summed E-state index contributed by atoms with van der Waals surface area (Å²) in [5.74, 6) is 0.450. The van der Waals surface area contributed by atoms with Crippen LogP contribution < -0.4 is 4.74 Å². The van der Waals surface area contributed by atoms with E-state index in [4.69, 9.17) is 4.74 Å². The second-order valence-electron chi connectivity index (χ2n) is 3.32. The van der Waals surface area contributed by atoms with Crippen LogP contribution in [0.4, 0.5) is 13.2 Å². The first-order valence-electron chi connectivity index (χ1n) is 4.86. The molecule has 0 aliphatic rings. The molecule has 0 aliphatic heterocycles. The minimum absolute atomic E-state index is 0.422. The molecule has 0 amide bonds. The van der Waals surface area contributed by atoms with Gasteiger partial charge in [-0.1, -0.05) is 35.0 Å². The SMILES string of the molecule is CCc1ccc(OCC(Br)C(F)(F)F)cc1. The minimum atomic E-state index is -4.27. The third-order valence-corrected chi connectivity index (χ3v) is 2.87. The number of benzene rings is 1. The molecule has 1 rings (SSSR count). The van der Waals surface area contributed by atoms with Gasteiger partial charge in [0, 0.05) is 0 Å². The molecular weight excluding hydrogens is 285 g/mol. The van der Waals surface area contributed by atoms with Crippen molar-refractivity contribution in [3.8, 4) is 5.75 Å². The fourth-order valence-corrected chi connectivity index (χ4v) is 1.22. The van der Waals surface area contributed by atoms with Crippen LogP contribution in [0.5, 0.6) is 5.75 Å². The lowest BCUT2D eigenvalue weighted by Crippen LogP contribution is -2.28. The normalized spacial score (nSPS) is 13.6. The Balaban J connectivity index is 2.48. The molecule has 1 nitrogen and oxygen atoms in total. The number of hydrogen-bond donors (Lipinski definition) is 0. The molecule has 0 spiro atoms. The summed E-state index contributed by atoms with van der Waals surface area (Å²) in [5.41, 5.74) is 1.12. The van der Waals surface area contributed by atoms with Gasteiger partial charge in [-0.15, -0.1) is 0 Å². The molecule has 0 saturated heterocycles. The van der Waals surface area contributed by atoms with Crippen molar-refractivity contribution in [3.63, 3.8) is 0 Å². The summed E-state index contributed by atoms with van der Waals surface area (Å²) >= 11 is 2.53. The molecule has 0 heterocycles. The molecule has 90 valence electrons. The van der Waals surface area contributed by atoms with Crippen LogP contribution in [0, 0.1) is 0 Å². The number of halogens is 4. The van der Waals surface area contributed by atoms with Crippen LogP contribution in [0.25, 0.3) is 0 Å². The largest absolute Gasteiger partial charge is 0.492 e. The summed E-state index contributed by atoms with van der Waals surface area (Å²) in [7, 11) is 0.